The van der Waals surface area contributed by atoms with Crippen LogP contribution in [0.25, 0.3) is 0 Å². The smallest absolute Gasteiger partial charge is 0.136 e. The number of thiocarbonyl (C=S) groups is 1. The number of nitrogens with zero attached hydrogens (tertiary/aromatic N) is 1. The van der Waals surface area contributed by atoms with E-state index in [0.29, 0.717) is 4.99 Å². The number of ether oxygens (including phenoxy) is 1. The molecule has 20 heavy (non-hydrogen) atoms. The summed E-state index contributed by atoms with van der Waals surface area (Å²) in [5, 5.41) is 3.32. The molecule has 0 unspecified atom stereocenters. The molecule has 1 heterocycles. The van der Waals surface area contributed by atoms with E-state index in [-0.39, 0.29) is 0 Å². The molecule has 4 nitrogen and oxygen atoms in total. The molecule has 0 radical (unpaired) electrons. The van der Waals surface area contributed by atoms with Gasteiger partial charge in [0.05, 0.1) is 5.56 Å². The van der Waals surface area contributed by atoms with E-state index in [1.54, 1.807) is 0 Å². The van der Waals surface area contributed by atoms with Gasteiger partial charge in [0.2, 0.25) is 0 Å². The van der Waals surface area contributed by atoms with Crippen molar-refractivity contribution in [3.63, 3.8) is 0 Å². The normalized spacial score (nSPS) is 14.3. The predicted octanol–water partition coefficient (Wildman–Crippen LogP) is 2.56. The average Bonchev–Trinajstić information content (AvgIpc) is 3.16. The molecule has 3 N–H and O–H groups in total. The summed E-state index contributed by atoms with van der Waals surface area (Å²) in [6, 6.07) is 2.00. The fourth-order valence-electron chi connectivity index (χ4n) is 2.19. The first-order valence-corrected chi connectivity index (χ1v) is 7.58. The molecule has 0 saturated heterocycles. The van der Waals surface area contributed by atoms with Gasteiger partial charge in [-0.1, -0.05) is 12.2 Å². The van der Waals surface area contributed by atoms with Crippen molar-refractivity contribution in [3.05, 3.63) is 22.9 Å². The number of nitrogens with one attached hydrogen (secondary N) is 1. The van der Waals surface area contributed by atoms with E-state index in [1.807, 2.05) is 19.9 Å². The quantitative estimate of drug-likeness (QED) is 0.570. The Labute approximate surface area is 126 Å². The number of aryl methyl sites for hydroxylation is 2. The Morgan fingerprint density at radius 2 is 2.25 bits per heavy atom. The molecule has 0 aliphatic heterocycles. The van der Waals surface area contributed by atoms with Gasteiger partial charge in [0, 0.05) is 25.5 Å². The summed E-state index contributed by atoms with van der Waals surface area (Å²) in [7, 11) is 0. The summed E-state index contributed by atoms with van der Waals surface area (Å²) in [6.45, 7) is 6.50. The molecule has 1 saturated carbocycles. The second-order valence-corrected chi connectivity index (χ2v) is 5.91. The maximum absolute atomic E-state index is 5.78. The van der Waals surface area contributed by atoms with Crippen LogP contribution in [-0.2, 0) is 4.74 Å². The molecule has 0 bridgehead atoms. The van der Waals surface area contributed by atoms with Gasteiger partial charge in [-0.3, -0.25) is 0 Å². The van der Waals surface area contributed by atoms with Crippen LogP contribution >= 0.6 is 12.2 Å². The molecule has 0 amide bonds. The molecule has 0 atom stereocenters. The predicted molar refractivity (Wildman–Crippen MR) is 86.2 cm³/mol. The Morgan fingerprint density at radius 3 is 2.90 bits per heavy atom. The lowest BCUT2D eigenvalue weighted by atomic mass is 10.1. The number of rotatable bonds is 8. The zero-order valence-electron chi connectivity index (χ0n) is 12.2. The van der Waals surface area contributed by atoms with Crippen molar-refractivity contribution in [3.8, 4) is 0 Å². The van der Waals surface area contributed by atoms with Crippen LogP contribution in [0.3, 0.4) is 0 Å². The summed E-state index contributed by atoms with van der Waals surface area (Å²) in [4.78, 5) is 4.88. The maximum Gasteiger partial charge on any atom is 0.136 e. The first-order valence-electron chi connectivity index (χ1n) is 7.17. The topological polar surface area (TPSA) is 60.2 Å². The van der Waals surface area contributed by atoms with Gasteiger partial charge in [-0.15, -0.1) is 0 Å². The number of hydrogen-bond acceptors (Lipinski definition) is 4. The fourth-order valence-corrected chi connectivity index (χ4v) is 2.45. The van der Waals surface area contributed by atoms with E-state index in [9.17, 15) is 0 Å². The largest absolute Gasteiger partial charge is 0.389 e. The van der Waals surface area contributed by atoms with Crippen molar-refractivity contribution in [1.82, 2.24) is 4.98 Å². The first-order chi connectivity index (χ1) is 9.58. The Hall–Kier alpha value is -1.20. The molecule has 1 aromatic rings. The Bertz CT molecular complexity index is 486. The van der Waals surface area contributed by atoms with Gasteiger partial charge in [0.1, 0.15) is 10.8 Å². The van der Waals surface area contributed by atoms with Crippen LogP contribution in [0.4, 0.5) is 5.82 Å². The third-order valence-electron chi connectivity index (χ3n) is 3.40. The van der Waals surface area contributed by atoms with Crippen LogP contribution in [0.1, 0.15) is 36.1 Å². The Morgan fingerprint density at radius 1 is 1.50 bits per heavy atom. The van der Waals surface area contributed by atoms with Gasteiger partial charge in [0.25, 0.3) is 0 Å². The SMILES string of the molecule is Cc1cc(C)c(C(N)=S)c(NCCCOCC2CC2)n1. The molecular formula is C15H23N3OS. The van der Waals surface area contributed by atoms with Crippen LogP contribution in [0, 0.1) is 19.8 Å². The average molecular weight is 293 g/mol. The van der Waals surface area contributed by atoms with E-state index < -0.39 is 0 Å². The van der Waals surface area contributed by atoms with E-state index in [1.165, 1.54) is 12.8 Å². The van der Waals surface area contributed by atoms with Crippen molar-refractivity contribution in [2.45, 2.75) is 33.1 Å². The van der Waals surface area contributed by atoms with Gasteiger partial charge in [-0.25, -0.2) is 4.98 Å². The molecule has 0 aromatic carbocycles. The zero-order valence-corrected chi connectivity index (χ0v) is 13.1. The summed E-state index contributed by atoms with van der Waals surface area (Å²) >= 11 is 5.11. The number of nitrogens with two attached hydrogens (primary N) is 1. The third-order valence-corrected chi connectivity index (χ3v) is 3.60. The standard InChI is InChI=1S/C15H23N3OS/c1-10-8-11(2)18-15(13(10)14(16)20)17-6-3-7-19-9-12-4-5-12/h8,12H,3-7,9H2,1-2H3,(H2,16,20)(H,17,18). The zero-order chi connectivity index (χ0) is 14.5. The van der Waals surface area contributed by atoms with Crippen LogP contribution in [-0.4, -0.2) is 29.7 Å². The number of anilines is 1. The number of pyridine rings is 1. The van der Waals surface area contributed by atoms with Crippen molar-refractivity contribution >= 4 is 23.0 Å². The second-order valence-electron chi connectivity index (χ2n) is 5.47. The van der Waals surface area contributed by atoms with Gasteiger partial charge in [-0.2, -0.15) is 0 Å². The fraction of sp³-hybridized carbons (Fsp3) is 0.600. The van der Waals surface area contributed by atoms with Gasteiger partial charge >= 0.3 is 0 Å². The molecule has 1 aliphatic carbocycles. The molecular weight excluding hydrogens is 270 g/mol. The second kappa shape index (κ2) is 6.99. The minimum absolute atomic E-state index is 0.391. The lowest BCUT2D eigenvalue weighted by molar-refractivity contribution is 0.124. The van der Waals surface area contributed by atoms with Gasteiger partial charge < -0.3 is 15.8 Å². The summed E-state index contributed by atoms with van der Waals surface area (Å²) in [5.41, 5.74) is 8.67. The number of hydrogen-bond donors (Lipinski definition) is 2. The third kappa shape index (κ3) is 4.42. The van der Waals surface area contributed by atoms with Gasteiger partial charge in [0.15, 0.2) is 0 Å². The lowest BCUT2D eigenvalue weighted by Gasteiger charge is -2.13. The summed E-state index contributed by atoms with van der Waals surface area (Å²) in [5.74, 6) is 1.61. The number of aromatic nitrogens is 1. The molecule has 5 heteroatoms. The van der Waals surface area contributed by atoms with E-state index in [4.69, 9.17) is 22.7 Å². The van der Waals surface area contributed by atoms with Crippen LogP contribution in [0.15, 0.2) is 6.07 Å². The van der Waals surface area contributed by atoms with E-state index in [0.717, 1.165) is 54.7 Å². The summed E-state index contributed by atoms with van der Waals surface area (Å²) < 4.78 is 5.61. The van der Waals surface area contributed by atoms with Gasteiger partial charge in [-0.05, 0) is 50.7 Å². The lowest BCUT2D eigenvalue weighted by Crippen LogP contribution is -2.18. The van der Waals surface area contributed by atoms with Crippen molar-refractivity contribution in [2.24, 2.45) is 11.7 Å². The van der Waals surface area contributed by atoms with Crippen LogP contribution in [0.5, 0.6) is 0 Å². The van der Waals surface area contributed by atoms with Crippen LogP contribution < -0.4 is 11.1 Å². The molecule has 0 spiro atoms. The molecule has 110 valence electrons. The van der Waals surface area contributed by atoms with Crippen LogP contribution in [0.2, 0.25) is 0 Å². The minimum atomic E-state index is 0.391. The highest BCUT2D eigenvalue weighted by molar-refractivity contribution is 7.80. The van der Waals surface area contributed by atoms with E-state index in [2.05, 4.69) is 10.3 Å². The van der Waals surface area contributed by atoms with E-state index >= 15 is 0 Å². The van der Waals surface area contributed by atoms with Crippen molar-refractivity contribution in [2.75, 3.05) is 25.1 Å². The van der Waals surface area contributed by atoms with Crippen molar-refractivity contribution < 1.29 is 4.74 Å². The molecule has 1 fully saturated rings. The molecule has 2 rings (SSSR count). The monoisotopic (exact) mass is 293 g/mol. The highest BCUT2D eigenvalue weighted by atomic mass is 32.1. The van der Waals surface area contributed by atoms with Crippen molar-refractivity contribution in [1.29, 1.82) is 0 Å². The first kappa shape index (κ1) is 15.2. The molecule has 1 aromatic heterocycles. The minimum Gasteiger partial charge on any atom is -0.389 e. The maximum atomic E-state index is 5.78. The highest BCUT2D eigenvalue weighted by Gasteiger charge is 2.20. The highest BCUT2D eigenvalue weighted by Crippen LogP contribution is 2.28. The summed E-state index contributed by atoms with van der Waals surface area (Å²) in [6.07, 6.45) is 3.63. The molecule has 1 aliphatic rings. The Balaban J connectivity index is 1.82. The Kier molecular flexibility index (Phi) is 5.31.